The zero-order valence-corrected chi connectivity index (χ0v) is 17.5. The molecule has 0 saturated heterocycles. The van der Waals surface area contributed by atoms with E-state index in [2.05, 4.69) is 39.4 Å². The molecule has 0 bridgehead atoms. The van der Waals surface area contributed by atoms with Gasteiger partial charge in [0, 0.05) is 17.1 Å². The number of anilines is 1. The summed E-state index contributed by atoms with van der Waals surface area (Å²) in [6.07, 6.45) is 0.650. The molecular formula is C22H25BrN2O2. The van der Waals surface area contributed by atoms with Crippen LogP contribution in [-0.4, -0.2) is 28.7 Å². The van der Waals surface area contributed by atoms with Crippen LogP contribution in [0.15, 0.2) is 54.6 Å². The standard InChI is InChI=1S/C22H25BrN2O2/c1-22(2,3)24-20(26)14-25-19-12-8-7-11-16(19)17(13-18(23)21(25)27)15-9-5-4-6-10-15/h4-12,17-18H,13-14H2,1-3H3,(H,24,26). The largest absolute Gasteiger partial charge is 0.350 e. The maximum atomic E-state index is 13.1. The Morgan fingerprint density at radius 1 is 1.11 bits per heavy atom. The monoisotopic (exact) mass is 428 g/mol. The van der Waals surface area contributed by atoms with E-state index in [0.717, 1.165) is 11.3 Å². The molecule has 2 aromatic carbocycles. The molecule has 1 aliphatic heterocycles. The summed E-state index contributed by atoms with van der Waals surface area (Å²) in [6.45, 7) is 5.81. The molecule has 2 aromatic rings. The van der Waals surface area contributed by atoms with Gasteiger partial charge in [0.15, 0.2) is 0 Å². The van der Waals surface area contributed by atoms with E-state index in [4.69, 9.17) is 0 Å². The van der Waals surface area contributed by atoms with Gasteiger partial charge < -0.3 is 10.2 Å². The van der Waals surface area contributed by atoms with Crippen molar-refractivity contribution in [2.45, 2.75) is 43.5 Å². The summed E-state index contributed by atoms with van der Waals surface area (Å²) >= 11 is 3.57. The third-order valence-electron chi connectivity index (χ3n) is 4.60. The number of hydrogen-bond acceptors (Lipinski definition) is 2. The van der Waals surface area contributed by atoms with Crippen molar-refractivity contribution in [1.82, 2.24) is 5.32 Å². The lowest BCUT2D eigenvalue weighted by Gasteiger charge is -2.27. The van der Waals surface area contributed by atoms with Gasteiger partial charge in [0.05, 0.1) is 4.83 Å². The second kappa shape index (κ2) is 7.85. The van der Waals surface area contributed by atoms with E-state index in [1.165, 1.54) is 5.56 Å². The minimum absolute atomic E-state index is 0.0106. The van der Waals surface area contributed by atoms with Gasteiger partial charge in [0.2, 0.25) is 11.8 Å². The normalized spacial score (nSPS) is 20.0. The van der Waals surface area contributed by atoms with Crippen molar-refractivity contribution in [3.05, 3.63) is 65.7 Å². The first-order valence-electron chi connectivity index (χ1n) is 9.16. The van der Waals surface area contributed by atoms with Crippen molar-refractivity contribution in [3.63, 3.8) is 0 Å². The third kappa shape index (κ3) is 4.59. The van der Waals surface area contributed by atoms with E-state index in [9.17, 15) is 9.59 Å². The van der Waals surface area contributed by atoms with Crippen LogP contribution < -0.4 is 10.2 Å². The number of benzene rings is 2. The van der Waals surface area contributed by atoms with Gasteiger partial charge in [-0.3, -0.25) is 9.59 Å². The molecule has 0 saturated carbocycles. The highest BCUT2D eigenvalue weighted by atomic mass is 79.9. The van der Waals surface area contributed by atoms with Gasteiger partial charge in [0.1, 0.15) is 6.54 Å². The zero-order chi connectivity index (χ0) is 19.6. The van der Waals surface area contributed by atoms with Crippen LogP contribution in [0.25, 0.3) is 0 Å². The predicted molar refractivity (Wildman–Crippen MR) is 112 cm³/mol. The van der Waals surface area contributed by atoms with Crippen LogP contribution >= 0.6 is 15.9 Å². The number of carbonyl (C=O) groups is 2. The highest BCUT2D eigenvalue weighted by Crippen LogP contribution is 2.40. The SMILES string of the molecule is CC(C)(C)NC(=O)CN1C(=O)C(Br)CC(c2ccccc2)c2ccccc21. The molecule has 0 fully saturated rings. The number of nitrogens with zero attached hydrogens (tertiary/aromatic N) is 1. The Kier molecular flexibility index (Phi) is 5.70. The lowest BCUT2D eigenvalue weighted by molar-refractivity contribution is -0.124. The maximum Gasteiger partial charge on any atom is 0.241 e. The van der Waals surface area contributed by atoms with Crippen molar-refractivity contribution in [2.24, 2.45) is 0 Å². The van der Waals surface area contributed by atoms with Crippen molar-refractivity contribution < 1.29 is 9.59 Å². The van der Waals surface area contributed by atoms with E-state index in [1.54, 1.807) is 4.90 Å². The minimum Gasteiger partial charge on any atom is -0.350 e. The van der Waals surface area contributed by atoms with Crippen LogP contribution in [0.3, 0.4) is 0 Å². The first kappa shape index (κ1) is 19.6. The second-order valence-corrected chi connectivity index (χ2v) is 9.05. The Labute approximate surface area is 169 Å². The fraction of sp³-hybridized carbons (Fsp3) is 0.364. The third-order valence-corrected chi connectivity index (χ3v) is 5.36. The average Bonchev–Trinajstić information content (AvgIpc) is 2.72. The van der Waals surface area contributed by atoms with E-state index in [1.807, 2.05) is 57.2 Å². The molecule has 0 aromatic heterocycles. The van der Waals surface area contributed by atoms with Crippen molar-refractivity contribution in [1.29, 1.82) is 0 Å². The lowest BCUT2D eigenvalue weighted by atomic mass is 9.87. The van der Waals surface area contributed by atoms with Gasteiger partial charge in [0.25, 0.3) is 0 Å². The van der Waals surface area contributed by atoms with Crippen LogP contribution in [-0.2, 0) is 9.59 Å². The topological polar surface area (TPSA) is 49.4 Å². The molecule has 2 unspecified atom stereocenters. The summed E-state index contributed by atoms with van der Waals surface area (Å²) in [6, 6.07) is 18.1. The number of alkyl halides is 1. The van der Waals surface area contributed by atoms with Crippen LogP contribution in [0.1, 0.15) is 44.2 Å². The molecule has 2 amide bonds. The minimum atomic E-state index is -0.349. The van der Waals surface area contributed by atoms with Gasteiger partial charge in [-0.2, -0.15) is 0 Å². The summed E-state index contributed by atoms with van der Waals surface area (Å²) in [5.41, 5.74) is 2.71. The highest BCUT2D eigenvalue weighted by Gasteiger charge is 2.35. The molecule has 0 spiro atoms. The summed E-state index contributed by atoms with van der Waals surface area (Å²) in [5, 5.41) is 2.95. The Hall–Kier alpha value is -2.14. The number of halogens is 1. The number of amides is 2. The molecule has 142 valence electrons. The fourth-order valence-corrected chi connectivity index (χ4v) is 4.14. The summed E-state index contributed by atoms with van der Waals surface area (Å²) < 4.78 is 0. The van der Waals surface area contributed by atoms with Crippen molar-refractivity contribution in [2.75, 3.05) is 11.4 Å². The summed E-state index contributed by atoms with van der Waals surface area (Å²) in [4.78, 5) is 26.9. The molecule has 4 nitrogen and oxygen atoms in total. The van der Waals surface area contributed by atoms with Crippen molar-refractivity contribution in [3.8, 4) is 0 Å². The fourth-order valence-electron chi connectivity index (χ4n) is 3.52. The predicted octanol–water partition coefficient (Wildman–Crippen LogP) is 4.23. The molecule has 3 rings (SSSR count). The first-order chi connectivity index (χ1) is 12.8. The van der Waals surface area contributed by atoms with Crippen LogP contribution in [0.5, 0.6) is 0 Å². The number of fused-ring (bicyclic) bond motifs is 1. The smallest absolute Gasteiger partial charge is 0.241 e. The van der Waals surface area contributed by atoms with Gasteiger partial charge in [-0.05, 0) is 44.4 Å². The lowest BCUT2D eigenvalue weighted by Crippen LogP contribution is -2.48. The number of nitrogens with one attached hydrogen (secondary N) is 1. The molecule has 0 aliphatic carbocycles. The molecule has 1 heterocycles. The van der Waals surface area contributed by atoms with Crippen LogP contribution in [0.2, 0.25) is 0 Å². The Morgan fingerprint density at radius 3 is 2.41 bits per heavy atom. The average molecular weight is 429 g/mol. The van der Waals surface area contributed by atoms with E-state index in [-0.39, 0.29) is 34.6 Å². The molecule has 27 heavy (non-hydrogen) atoms. The summed E-state index contributed by atoms with van der Waals surface area (Å²) in [7, 11) is 0. The molecule has 5 heteroatoms. The Morgan fingerprint density at radius 2 is 1.74 bits per heavy atom. The molecule has 0 radical (unpaired) electrons. The zero-order valence-electron chi connectivity index (χ0n) is 15.9. The maximum absolute atomic E-state index is 13.1. The van der Waals surface area contributed by atoms with Gasteiger partial charge >= 0.3 is 0 Å². The van der Waals surface area contributed by atoms with Gasteiger partial charge in [-0.15, -0.1) is 0 Å². The number of carbonyl (C=O) groups excluding carboxylic acids is 2. The summed E-state index contributed by atoms with van der Waals surface area (Å²) in [5.74, 6) is -0.153. The number of hydrogen-bond donors (Lipinski definition) is 1. The van der Waals surface area contributed by atoms with E-state index in [0.29, 0.717) is 6.42 Å². The highest BCUT2D eigenvalue weighted by molar-refractivity contribution is 9.10. The Bertz CT molecular complexity index is 830. The van der Waals surface area contributed by atoms with Crippen molar-refractivity contribution >= 4 is 33.4 Å². The van der Waals surface area contributed by atoms with E-state index >= 15 is 0 Å². The number of rotatable bonds is 3. The van der Waals surface area contributed by atoms with Gasteiger partial charge in [-0.1, -0.05) is 64.5 Å². The molecule has 2 atom stereocenters. The molecule has 1 N–H and O–H groups in total. The second-order valence-electron chi connectivity index (χ2n) is 7.95. The van der Waals surface area contributed by atoms with Crippen LogP contribution in [0.4, 0.5) is 5.69 Å². The van der Waals surface area contributed by atoms with Gasteiger partial charge in [-0.25, -0.2) is 0 Å². The van der Waals surface area contributed by atoms with Crippen LogP contribution in [0, 0.1) is 0 Å². The number of para-hydroxylation sites is 1. The molecule has 1 aliphatic rings. The first-order valence-corrected chi connectivity index (χ1v) is 10.1. The van der Waals surface area contributed by atoms with E-state index < -0.39 is 0 Å². The molecular weight excluding hydrogens is 404 g/mol. The quantitative estimate of drug-likeness (QED) is 0.743. The Balaban J connectivity index is 2.00.